The van der Waals surface area contributed by atoms with Crippen molar-refractivity contribution in [3.05, 3.63) is 35.9 Å². The summed E-state index contributed by atoms with van der Waals surface area (Å²) >= 11 is 0. The van der Waals surface area contributed by atoms with E-state index in [0.29, 0.717) is 0 Å². The molecule has 2 rings (SSSR count). The van der Waals surface area contributed by atoms with Crippen LogP contribution in [0.2, 0.25) is 0 Å². The van der Waals surface area contributed by atoms with Crippen LogP contribution in [0, 0.1) is 5.41 Å². The summed E-state index contributed by atoms with van der Waals surface area (Å²) in [6.45, 7) is 7.82. The minimum atomic E-state index is -1.32. The molecule has 0 aromatic heterocycles. The van der Waals surface area contributed by atoms with Crippen molar-refractivity contribution < 1.29 is 52.4 Å². The second-order valence-corrected chi connectivity index (χ2v) is 9.86. The molecule has 12 heteroatoms. The predicted octanol–water partition coefficient (Wildman–Crippen LogP) is 1.82. The SMILES string of the molecule is CC(=O)OCC(C)(C)[C@@H](OC(C)=O)C(=O)NC[C@H]1O[C@H](OCc2ccccc2)C[C@@H](OC(C)=O)[C@@H]1OC(C)=O. The van der Waals surface area contributed by atoms with Gasteiger partial charge in [-0.25, -0.2) is 0 Å². The van der Waals surface area contributed by atoms with Gasteiger partial charge in [-0.2, -0.15) is 0 Å². The van der Waals surface area contributed by atoms with Gasteiger partial charge in [0.2, 0.25) is 0 Å². The van der Waals surface area contributed by atoms with Crippen LogP contribution in [0.3, 0.4) is 0 Å². The highest BCUT2D eigenvalue weighted by molar-refractivity contribution is 5.84. The third-order valence-corrected chi connectivity index (χ3v) is 5.74. The maximum atomic E-state index is 13.2. The number of benzene rings is 1. The van der Waals surface area contributed by atoms with E-state index in [1.807, 2.05) is 30.3 Å². The van der Waals surface area contributed by atoms with Gasteiger partial charge < -0.3 is 33.7 Å². The van der Waals surface area contributed by atoms with Crippen molar-refractivity contribution in [1.29, 1.82) is 0 Å². The van der Waals surface area contributed by atoms with E-state index >= 15 is 0 Å². The van der Waals surface area contributed by atoms with Gasteiger partial charge in [0.1, 0.15) is 18.8 Å². The lowest BCUT2D eigenvalue weighted by Gasteiger charge is -2.40. The second-order valence-electron chi connectivity index (χ2n) is 9.86. The first-order valence-corrected chi connectivity index (χ1v) is 12.5. The topological polar surface area (TPSA) is 153 Å². The van der Waals surface area contributed by atoms with Crippen LogP contribution in [0.4, 0.5) is 0 Å². The van der Waals surface area contributed by atoms with Gasteiger partial charge in [-0.3, -0.25) is 24.0 Å². The zero-order chi connectivity index (χ0) is 29.2. The van der Waals surface area contributed by atoms with Gasteiger partial charge in [-0.15, -0.1) is 0 Å². The van der Waals surface area contributed by atoms with Gasteiger partial charge >= 0.3 is 23.9 Å². The largest absolute Gasteiger partial charge is 0.465 e. The number of hydrogen-bond donors (Lipinski definition) is 1. The van der Waals surface area contributed by atoms with Gasteiger partial charge in [0.05, 0.1) is 6.61 Å². The predicted molar refractivity (Wildman–Crippen MR) is 135 cm³/mol. The quantitative estimate of drug-likeness (QED) is 0.299. The Morgan fingerprint density at radius 1 is 0.949 bits per heavy atom. The Morgan fingerprint density at radius 3 is 2.15 bits per heavy atom. The summed E-state index contributed by atoms with van der Waals surface area (Å²) in [5.74, 6) is -3.18. The normalized spacial score (nSPS) is 21.7. The molecule has 5 atom stereocenters. The van der Waals surface area contributed by atoms with Crippen LogP contribution < -0.4 is 5.32 Å². The average molecular weight is 552 g/mol. The van der Waals surface area contributed by atoms with Gasteiger partial charge in [0.25, 0.3) is 5.91 Å². The number of carbonyl (C=O) groups excluding carboxylic acids is 5. The first kappa shape index (κ1) is 31.7. The number of ether oxygens (including phenoxy) is 6. The van der Waals surface area contributed by atoms with E-state index in [4.69, 9.17) is 28.4 Å². The molecule has 216 valence electrons. The number of rotatable bonds is 12. The molecular weight excluding hydrogens is 514 g/mol. The maximum Gasteiger partial charge on any atom is 0.303 e. The second kappa shape index (κ2) is 14.6. The summed E-state index contributed by atoms with van der Waals surface area (Å²) < 4.78 is 33.1. The van der Waals surface area contributed by atoms with Crippen molar-refractivity contribution >= 4 is 29.8 Å². The number of esters is 4. The molecule has 0 unspecified atom stereocenters. The van der Waals surface area contributed by atoms with Crippen molar-refractivity contribution in [3.63, 3.8) is 0 Å². The van der Waals surface area contributed by atoms with Gasteiger partial charge in [-0.05, 0) is 5.56 Å². The lowest BCUT2D eigenvalue weighted by molar-refractivity contribution is -0.261. The summed E-state index contributed by atoms with van der Waals surface area (Å²) in [6, 6.07) is 9.34. The average Bonchev–Trinajstić information content (AvgIpc) is 2.85. The van der Waals surface area contributed by atoms with Crippen molar-refractivity contribution in [1.82, 2.24) is 5.32 Å². The van der Waals surface area contributed by atoms with Crippen LogP contribution in [-0.2, 0) is 59.0 Å². The lowest BCUT2D eigenvalue weighted by Crippen LogP contribution is -2.57. The number of carbonyl (C=O) groups is 5. The van der Waals surface area contributed by atoms with E-state index < -0.39 is 65.9 Å². The Balaban J connectivity index is 2.22. The van der Waals surface area contributed by atoms with E-state index in [1.54, 1.807) is 13.8 Å². The smallest absolute Gasteiger partial charge is 0.303 e. The fourth-order valence-electron chi connectivity index (χ4n) is 3.99. The van der Waals surface area contributed by atoms with Crippen LogP contribution in [0.15, 0.2) is 30.3 Å². The molecule has 1 saturated heterocycles. The molecule has 0 saturated carbocycles. The minimum absolute atomic E-state index is 0.0836. The van der Waals surface area contributed by atoms with E-state index in [9.17, 15) is 24.0 Å². The molecule has 1 aliphatic heterocycles. The highest BCUT2D eigenvalue weighted by Gasteiger charge is 2.45. The van der Waals surface area contributed by atoms with Crippen LogP contribution in [0.1, 0.15) is 53.5 Å². The van der Waals surface area contributed by atoms with Crippen LogP contribution >= 0.6 is 0 Å². The molecule has 1 aromatic rings. The van der Waals surface area contributed by atoms with Gasteiger partial charge in [0, 0.05) is 46.1 Å². The molecule has 1 aliphatic rings. The number of amides is 1. The summed E-state index contributed by atoms with van der Waals surface area (Å²) in [7, 11) is 0. The molecule has 1 amide bonds. The third-order valence-electron chi connectivity index (χ3n) is 5.74. The lowest BCUT2D eigenvalue weighted by atomic mass is 9.86. The first-order valence-electron chi connectivity index (χ1n) is 12.5. The molecule has 39 heavy (non-hydrogen) atoms. The van der Waals surface area contributed by atoms with Gasteiger partial charge in [0.15, 0.2) is 18.5 Å². The van der Waals surface area contributed by atoms with Crippen LogP contribution in [0.25, 0.3) is 0 Å². The van der Waals surface area contributed by atoms with E-state index in [-0.39, 0.29) is 26.2 Å². The Hall–Kier alpha value is -3.51. The van der Waals surface area contributed by atoms with E-state index in [2.05, 4.69) is 5.32 Å². The number of nitrogens with one attached hydrogen (secondary N) is 1. The van der Waals surface area contributed by atoms with Crippen LogP contribution in [0.5, 0.6) is 0 Å². The molecular formula is C27H37NO11. The molecule has 12 nitrogen and oxygen atoms in total. The van der Waals surface area contributed by atoms with E-state index in [0.717, 1.165) is 12.5 Å². The third kappa shape index (κ3) is 10.6. The first-order chi connectivity index (χ1) is 18.3. The highest BCUT2D eigenvalue weighted by Crippen LogP contribution is 2.28. The molecule has 1 N–H and O–H groups in total. The maximum absolute atomic E-state index is 13.2. The Labute approximate surface area is 227 Å². The highest BCUT2D eigenvalue weighted by atomic mass is 16.7. The summed E-state index contributed by atoms with van der Waals surface area (Å²) in [5.41, 5.74) is -0.192. The Morgan fingerprint density at radius 2 is 1.59 bits per heavy atom. The monoisotopic (exact) mass is 551 g/mol. The van der Waals surface area contributed by atoms with Crippen molar-refractivity contribution in [2.24, 2.45) is 5.41 Å². The molecule has 0 radical (unpaired) electrons. The molecule has 0 aliphatic carbocycles. The molecule has 1 fully saturated rings. The minimum Gasteiger partial charge on any atom is -0.465 e. The fraction of sp³-hybridized carbons (Fsp3) is 0.593. The molecule has 1 heterocycles. The summed E-state index contributed by atoms with van der Waals surface area (Å²) in [4.78, 5) is 59.9. The van der Waals surface area contributed by atoms with E-state index in [1.165, 1.54) is 20.8 Å². The molecule has 1 aromatic carbocycles. The standard InChI is InChI=1S/C27H37NO11/c1-16(29)35-15-27(5,6)25(38-19(4)32)26(33)28-13-22-24(37-18(3)31)21(36-17(2)30)12-23(39-22)34-14-20-10-8-7-9-11-20/h7-11,21-25H,12-15H2,1-6H3,(H,28,33)/t21-,22-,23+,24+,25+/m1/s1. The molecule has 0 bridgehead atoms. The fourth-order valence-corrected chi connectivity index (χ4v) is 3.99. The van der Waals surface area contributed by atoms with Crippen molar-refractivity contribution in [2.75, 3.05) is 13.2 Å². The number of hydrogen-bond acceptors (Lipinski definition) is 11. The van der Waals surface area contributed by atoms with Crippen LogP contribution in [-0.4, -0.2) is 73.6 Å². The summed E-state index contributed by atoms with van der Waals surface area (Å²) in [5, 5.41) is 2.65. The zero-order valence-corrected chi connectivity index (χ0v) is 23.1. The molecule has 0 spiro atoms. The Bertz CT molecular complexity index is 1010. The van der Waals surface area contributed by atoms with Gasteiger partial charge in [-0.1, -0.05) is 44.2 Å². The zero-order valence-electron chi connectivity index (χ0n) is 23.1. The van der Waals surface area contributed by atoms with Crippen molar-refractivity contribution in [2.45, 2.75) is 85.3 Å². The summed E-state index contributed by atoms with van der Waals surface area (Å²) in [6.07, 6.45) is -5.03. The van der Waals surface area contributed by atoms with Crippen molar-refractivity contribution in [3.8, 4) is 0 Å². The Kier molecular flexibility index (Phi) is 11.9.